The molecule has 0 aliphatic heterocycles. The molecule has 0 aliphatic carbocycles. The van der Waals surface area contributed by atoms with Crippen LogP contribution in [0.1, 0.15) is 22.5 Å². The smallest absolute Gasteiger partial charge is 0.230 e. The molecule has 0 radical (unpaired) electrons. The van der Waals surface area contributed by atoms with E-state index >= 15 is 0 Å². The third-order valence-electron chi connectivity index (χ3n) is 3.87. The molecule has 1 N–H and O–H groups in total. The van der Waals surface area contributed by atoms with E-state index in [1.165, 1.54) is 11.8 Å². The minimum absolute atomic E-state index is 0.131. The maximum atomic E-state index is 12.0. The van der Waals surface area contributed by atoms with Gasteiger partial charge < -0.3 is 9.73 Å². The van der Waals surface area contributed by atoms with Gasteiger partial charge in [-0.15, -0.1) is 0 Å². The van der Waals surface area contributed by atoms with Crippen molar-refractivity contribution in [1.82, 2.24) is 10.3 Å². The van der Waals surface area contributed by atoms with Gasteiger partial charge in [0.25, 0.3) is 0 Å². The van der Waals surface area contributed by atoms with Gasteiger partial charge in [0.05, 0.1) is 29.6 Å². The van der Waals surface area contributed by atoms with Crippen LogP contribution in [0.15, 0.2) is 46.0 Å². The predicted octanol–water partition coefficient (Wildman–Crippen LogP) is 3.72. The minimum Gasteiger partial charge on any atom is -0.467 e. The zero-order valence-corrected chi connectivity index (χ0v) is 14.8. The van der Waals surface area contributed by atoms with Gasteiger partial charge in [-0.25, -0.2) is 4.98 Å². The van der Waals surface area contributed by atoms with Gasteiger partial charge in [0.1, 0.15) is 16.9 Å². The lowest BCUT2D eigenvalue weighted by Crippen LogP contribution is -2.24. The molecular formula is C19H17N3O2S. The average Bonchev–Trinajstić information content (AvgIpc) is 3.14. The molecule has 0 spiro atoms. The summed E-state index contributed by atoms with van der Waals surface area (Å²) in [6, 6.07) is 11.7. The lowest BCUT2D eigenvalue weighted by atomic mass is 10.0. The van der Waals surface area contributed by atoms with Crippen molar-refractivity contribution in [2.75, 3.05) is 5.75 Å². The van der Waals surface area contributed by atoms with Crippen LogP contribution in [0, 0.1) is 25.2 Å². The number of carbonyl (C=O) groups excluding carboxylic acids is 1. The van der Waals surface area contributed by atoms with E-state index in [2.05, 4.69) is 16.4 Å². The van der Waals surface area contributed by atoms with Crippen molar-refractivity contribution in [3.05, 3.63) is 59.0 Å². The second-order valence-electron chi connectivity index (χ2n) is 5.69. The predicted molar refractivity (Wildman–Crippen MR) is 97.2 cm³/mol. The number of amides is 1. The summed E-state index contributed by atoms with van der Waals surface area (Å²) in [6.45, 7) is 4.34. The largest absolute Gasteiger partial charge is 0.467 e. The maximum absolute atomic E-state index is 12.0. The summed E-state index contributed by atoms with van der Waals surface area (Å²) in [4.78, 5) is 16.6. The molecular weight excluding hydrogens is 334 g/mol. The first-order valence-electron chi connectivity index (χ1n) is 7.81. The summed E-state index contributed by atoms with van der Waals surface area (Å²) in [5, 5.41) is 13.8. The Labute approximate surface area is 150 Å². The number of fused-ring (bicyclic) bond motifs is 1. The summed E-state index contributed by atoms with van der Waals surface area (Å²) in [6.07, 6.45) is 1.57. The van der Waals surface area contributed by atoms with Gasteiger partial charge in [0.15, 0.2) is 0 Å². The Hall–Kier alpha value is -2.78. The van der Waals surface area contributed by atoms with E-state index in [0.717, 1.165) is 22.0 Å². The van der Waals surface area contributed by atoms with Crippen LogP contribution >= 0.6 is 11.8 Å². The van der Waals surface area contributed by atoms with Crippen molar-refractivity contribution in [3.8, 4) is 6.07 Å². The molecule has 1 amide bonds. The van der Waals surface area contributed by atoms with E-state index in [-0.39, 0.29) is 11.7 Å². The van der Waals surface area contributed by atoms with Crippen LogP contribution in [-0.2, 0) is 11.3 Å². The van der Waals surface area contributed by atoms with E-state index in [1.54, 1.807) is 18.4 Å². The van der Waals surface area contributed by atoms with Crippen molar-refractivity contribution in [1.29, 1.82) is 5.26 Å². The quantitative estimate of drug-likeness (QED) is 0.709. The molecule has 25 heavy (non-hydrogen) atoms. The molecule has 3 aromatic rings. The highest BCUT2D eigenvalue weighted by Gasteiger charge is 2.12. The molecule has 126 valence electrons. The van der Waals surface area contributed by atoms with Gasteiger partial charge in [0.2, 0.25) is 5.91 Å². The van der Waals surface area contributed by atoms with E-state index in [1.807, 2.05) is 32.0 Å². The lowest BCUT2D eigenvalue weighted by Gasteiger charge is -2.09. The number of pyridine rings is 1. The van der Waals surface area contributed by atoms with Crippen molar-refractivity contribution >= 4 is 28.6 Å². The zero-order chi connectivity index (χ0) is 17.8. The van der Waals surface area contributed by atoms with Crippen molar-refractivity contribution in [3.63, 3.8) is 0 Å². The van der Waals surface area contributed by atoms with Gasteiger partial charge in [-0.1, -0.05) is 23.9 Å². The Kier molecular flexibility index (Phi) is 5.05. The van der Waals surface area contributed by atoms with Gasteiger partial charge in [-0.3, -0.25) is 4.79 Å². The maximum Gasteiger partial charge on any atom is 0.230 e. The molecule has 1 aromatic carbocycles. The highest BCUT2D eigenvalue weighted by molar-refractivity contribution is 8.00. The monoisotopic (exact) mass is 351 g/mol. The molecule has 0 aliphatic rings. The molecule has 3 rings (SSSR count). The van der Waals surface area contributed by atoms with Gasteiger partial charge in [-0.2, -0.15) is 5.26 Å². The highest BCUT2D eigenvalue weighted by Crippen LogP contribution is 2.28. The number of nitriles is 1. The highest BCUT2D eigenvalue weighted by atomic mass is 32.2. The Bertz CT molecular complexity index is 959. The number of nitrogens with one attached hydrogen (secondary N) is 1. The van der Waals surface area contributed by atoms with Crippen LogP contribution in [0.25, 0.3) is 10.9 Å². The van der Waals surface area contributed by atoms with E-state index in [4.69, 9.17) is 4.42 Å². The van der Waals surface area contributed by atoms with Crippen LogP contribution in [-0.4, -0.2) is 16.6 Å². The van der Waals surface area contributed by atoms with E-state index in [0.29, 0.717) is 22.9 Å². The number of benzene rings is 1. The number of nitrogens with zero attached hydrogens (tertiary/aromatic N) is 2. The fraction of sp³-hybridized carbons (Fsp3) is 0.211. The average molecular weight is 351 g/mol. The third kappa shape index (κ3) is 3.83. The molecule has 0 bridgehead atoms. The standard InChI is InChI=1S/C19H17N3O2S/c1-12-5-6-13(2)18-16(12)8-14(9-20)19(22-18)25-11-17(23)21-10-15-4-3-7-24-15/h3-8H,10-11H2,1-2H3,(H,21,23). The molecule has 2 heterocycles. The number of aromatic nitrogens is 1. The molecule has 0 saturated carbocycles. The molecule has 5 nitrogen and oxygen atoms in total. The van der Waals surface area contributed by atoms with Crippen LogP contribution in [0.2, 0.25) is 0 Å². The summed E-state index contributed by atoms with van der Waals surface area (Å²) in [5.41, 5.74) is 3.49. The molecule has 0 saturated heterocycles. The normalized spacial score (nSPS) is 10.6. The van der Waals surface area contributed by atoms with Crippen LogP contribution in [0.3, 0.4) is 0 Å². The zero-order valence-electron chi connectivity index (χ0n) is 14.0. The molecule has 0 fully saturated rings. The SMILES string of the molecule is Cc1ccc(C)c2nc(SCC(=O)NCc3ccco3)c(C#N)cc12. The second-order valence-corrected chi connectivity index (χ2v) is 6.66. The number of furan rings is 1. The fourth-order valence-corrected chi connectivity index (χ4v) is 3.28. The number of hydrogen-bond acceptors (Lipinski definition) is 5. The Morgan fingerprint density at radius 1 is 1.32 bits per heavy atom. The number of carbonyl (C=O) groups is 1. The number of hydrogen-bond donors (Lipinski definition) is 1. The first-order valence-corrected chi connectivity index (χ1v) is 8.80. The van der Waals surface area contributed by atoms with E-state index < -0.39 is 0 Å². The first kappa shape index (κ1) is 17.1. The van der Waals surface area contributed by atoms with Crippen LogP contribution in [0.4, 0.5) is 0 Å². The Balaban J connectivity index is 1.75. The van der Waals surface area contributed by atoms with Crippen molar-refractivity contribution < 1.29 is 9.21 Å². The molecule has 0 unspecified atom stereocenters. The van der Waals surface area contributed by atoms with E-state index in [9.17, 15) is 10.1 Å². The van der Waals surface area contributed by atoms with Crippen molar-refractivity contribution in [2.24, 2.45) is 0 Å². The van der Waals surface area contributed by atoms with Gasteiger partial charge >= 0.3 is 0 Å². The summed E-state index contributed by atoms with van der Waals surface area (Å²) >= 11 is 1.27. The number of thioether (sulfide) groups is 1. The number of aryl methyl sites for hydroxylation is 2. The molecule has 2 aromatic heterocycles. The van der Waals surface area contributed by atoms with Crippen LogP contribution < -0.4 is 5.32 Å². The molecule has 6 heteroatoms. The summed E-state index contributed by atoms with van der Waals surface area (Å²) in [5.74, 6) is 0.762. The van der Waals surface area contributed by atoms with Crippen molar-refractivity contribution in [2.45, 2.75) is 25.4 Å². The van der Waals surface area contributed by atoms with Gasteiger partial charge in [0, 0.05) is 5.39 Å². The minimum atomic E-state index is -0.131. The topological polar surface area (TPSA) is 78.9 Å². The number of rotatable bonds is 5. The summed E-state index contributed by atoms with van der Waals surface area (Å²) < 4.78 is 5.18. The first-order chi connectivity index (χ1) is 12.1. The van der Waals surface area contributed by atoms with Crippen LogP contribution in [0.5, 0.6) is 0 Å². The fourth-order valence-electron chi connectivity index (χ4n) is 2.49. The summed E-state index contributed by atoms with van der Waals surface area (Å²) in [7, 11) is 0. The Morgan fingerprint density at radius 3 is 2.84 bits per heavy atom. The molecule has 0 atom stereocenters. The second kappa shape index (κ2) is 7.41. The third-order valence-corrected chi connectivity index (χ3v) is 4.86. The lowest BCUT2D eigenvalue weighted by molar-refractivity contribution is -0.118. The van der Waals surface area contributed by atoms with Gasteiger partial charge in [-0.05, 0) is 43.2 Å². The Morgan fingerprint density at radius 2 is 2.12 bits per heavy atom.